The lowest BCUT2D eigenvalue weighted by molar-refractivity contribution is 0.0792. The van der Waals surface area contributed by atoms with Crippen LogP contribution in [0.5, 0.6) is 0 Å². The average molecular weight is 518 g/mol. The summed E-state index contributed by atoms with van der Waals surface area (Å²) in [5.74, 6) is 1.40. The van der Waals surface area contributed by atoms with E-state index in [9.17, 15) is 5.11 Å². The Labute approximate surface area is 193 Å². The molecule has 2 rings (SSSR count). The Morgan fingerprint density at radius 2 is 1.83 bits per heavy atom. The van der Waals surface area contributed by atoms with Crippen LogP contribution in [-0.4, -0.2) is 62.0 Å². The Hall–Kier alpha value is -0.900. The minimum atomic E-state index is -0.111. The summed E-state index contributed by atoms with van der Waals surface area (Å²) in [5, 5.41) is 16.3. The molecule has 1 heterocycles. The third-order valence-corrected chi connectivity index (χ3v) is 4.88. The molecule has 1 saturated heterocycles. The number of ether oxygens (including phenoxy) is 1. The molecule has 29 heavy (non-hydrogen) atoms. The first kappa shape index (κ1) is 26.1. The number of aliphatic hydroxyl groups is 1. The number of nitrogens with zero attached hydrogens (tertiary/aromatic N) is 2. The molecule has 1 aliphatic heterocycles. The molecular weight excluding hydrogens is 479 g/mol. The van der Waals surface area contributed by atoms with E-state index in [2.05, 4.69) is 58.6 Å². The van der Waals surface area contributed by atoms with Gasteiger partial charge in [0.1, 0.15) is 0 Å². The van der Waals surface area contributed by atoms with Gasteiger partial charge in [-0.25, -0.2) is 0 Å². The SMILES string of the molecule is CN=C(NCCCOCC(C)C)NCc1ccc(CN2CCC(O)CC2)cc1.I. The van der Waals surface area contributed by atoms with E-state index in [1.165, 1.54) is 11.1 Å². The predicted molar refractivity (Wildman–Crippen MR) is 131 cm³/mol. The van der Waals surface area contributed by atoms with Gasteiger partial charge in [0.15, 0.2) is 5.96 Å². The van der Waals surface area contributed by atoms with Crippen molar-refractivity contribution in [1.82, 2.24) is 15.5 Å². The van der Waals surface area contributed by atoms with Crippen molar-refractivity contribution in [1.29, 1.82) is 0 Å². The summed E-state index contributed by atoms with van der Waals surface area (Å²) < 4.78 is 5.59. The third-order valence-electron chi connectivity index (χ3n) is 4.88. The molecule has 0 saturated carbocycles. The van der Waals surface area contributed by atoms with Gasteiger partial charge >= 0.3 is 0 Å². The zero-order valence-corrected chi connectivity index (χ0v) is 20.5. The first-order chi connectivity index (χ1) is 13.6. The van der Waals surface area contributed by atoms with Gasteiger partial charge in [0.05, 0.1) is 6.10 Å². The monoisotopic (exact) mass is 518 g/mol. The fourth-order valence-electron chi connectivity index (χ4n) is 3.20. The predicted octanol–water partition coefficient (Wildman–Crippen LogP) is 2.99. The molecule has 3 N–H and O–H groups in total. The van der Waals surface area contributed by atoms with E-state index in [0.717, 1.165) is 71.2 Å². The Morgan fingerprint density at radius 3 is 2.45 bits per heavy atom. The summed E-state index contributed by atoms with van der Waals surface area (Å²) in [6.45, 7) is 10.4. The highest BCUT2D eigenvalue weighted by Gasteiger charge is 2.16. The first-order valence-electron chi connectivity index (χ1n) is 10.6. The lowest BCUT2D eigenvalue weighted by Crippen LogP contribution is -2.37. The van der Waals surface area contributed by atoms with E-state index < -0.39 is 0 Å². The molecule has 0 spiro atoms. The van der Waals surface area contributed by atoms with E-state index in [0.29, 0.717) is 5.92 Å². The van der Waals surface area contributed by atoms with Crippen molar-refractivity contribution in [3.05, 3.63) is 35.4 Å². The van der Waals surface area contributed by atoms with Gasteiger partial charge in [-0.2, -0.15) is 0 Å². The maximum atomic E-state index is 9.61. The molecule has 1 aliphatic rings. The van der Waals surface area contributed by atoms with E-state index in [-0.39, 0.29) is 30.1 Å². The van der Waals surface area contributed by atoms with E-state index >= 15 is 0 Å². The van der Waals surface area contributed by atoms with Crippen molar-refractivity contribution in [3.63, 3.8) is 0 Å². The first-order valence-corrected chi connectivity index (χ1v) is 10.6. The van der Waals surface area contributed by atoms with Gasteiger partial charge in [0, 0.05) is 53.0 Å². The van der Waals surface area contributed by atoms with Crippen LogP contribution < -0.4 is 10.6 Å². The van der Waals surface area contributed by atoms with Gasteiger partial charge in [-0.1, -0.05) is 38.1 Å². The Kier molecular flexibility index (Phi) is 13.5. The van der Waals surface area contributed by atoms with Crippen molar-refractivity contribution in [2.24, 2.45) is 10.9 Å². The molecule has 1 aromatic carbocycles. The smallest absolute Gasteiger partial charge is 0.191 e. The van der Waals surface area contributed by atoms with Gasteiger partial charge in [-0.3, -0.25) is 9.89 Å². The van der Waals surface area contributed by atoms with Gasteiger partial charge < -0.3 is 20.5 Å². The van der Waals surface area contributed by atoms with Gasteiger partial charge in [-0.15, -0.1) is 24.0 Å². The normalized spacial score (nSPS) is 16.0. The summed E-state index contributed by atoms with van der Waals surface area (Å²) in [5.41, 5.74) is 2.56. The van der Waals surface area contributed by atoms with Crippen molar-refractivity contribution in [3.8, 4) is 0 Å². The topological polar surface area (TPSA) is 69.1 Å². The highest BCUT2D eigenvalue weighted by atomic mass is 127. The summed E-state index contributed by atoms with van der Waals surface area (Å²) in [6.07, 6.45) is 2.63. The van der Waals surface area contributed by atoms with Gasteiger partial charge in [0.2, 0.25) is 0 Å². The van der Waals surface area contributed by atoms with Crippen molar-refractivity contribution >= 4 is 29.9 Å². The molecule has 1 aromatic rings. The molecule has 7 heteroatoms. The second-order valence-corrected chi connectivity index (χ2v) is 8.00. The standard InChI is InChI=1S/C22H38N4O2.HI/c1-18(2)17-28-14-4-11-24-22(23-3)25-15-19-5-7-20(8-6-19)16-26-12-9-21(27)10-13-26;/h5-8,18,21,27H,4,9-17H2,1-3H3,(H2,23,24,25);1H. The van der Waals surface area contributed by atoms with Crippen LogP contribution in [0.15, 0.2) is 29.3 Å². The quantitative estimate of drug-likeness (QED) is 0.192. The average Bonchev–Trinajstić information content (AvgIpc) is 2.69. The minimum absolute atomic E-state index is 0. The molecule has 0 atom stereocenters. The summed E-state index contributed by atoms with van der Waals surface area (Å²) in [6, 6.07) is 8.75. The van der Waals surface area contributed by atoms with Gasteiger partial charge in [0.25, 0.3) is 0 Å². The van der Waals surface area contributed by atoms with Crippen LogP contribution in [0.3, 0.4) is 0 Å². The van der Waals surface area contributed by atoms with Crippen molar-refractivity contribution < 1.29 is 9.84 Å². The molecule has 0 radical (unpaired) electrons. The maximum Gasteiger partial charge on any atom is 0.191 e. The molecular formula is C22H39IN4O2. The van der Waals surface area contributed by atoms with Crippen molar-refractivity contribution in [2.75, 3.05) is 39.9 Å². The van der Waals surface area contributed by atoms with E-state index in [4.69, 9.17) is 4.74 Å². The fraction of sp³-hybridized carbons (Fsp3) is 0.682. The summed E-state index contributed by atoms with van der Waals surface area (Å²) in [4.78, 5) is 6.69. The second kappa shape index (κ2) is 15.0. The Morgan fingerprint density at radius 1 is 1.17 bits per heavy atom. The van der Waals surface area contributed by atoms with Crippen LogP contribution in [-0.2, 0) is 17.8 Å². The number of benzene rings is 1. The van der Waals surface area contributed by atoms with Crippen LogP contribution in [0, 0.1) is 5.92 Å². The lowest BCUT2D eigenvalue weighted by Gasteiger charge is -2.29. The van der Waals surface area contributed by atoms with E-state index in [1.54, 1.807) is 7.05 Å². The number of piperidine rings is 1. The number of likely N-dealkylation sites (tertiary alicyclic amines) is 1. The molecule has 0 amide bonds. The number of guanidine groups is 1. The van der Waals surface area contributed by atoms with Crippen LogP contribution in [0.25, 0.3) is 0 Å². The fourth-order valence-corrected chi connectivity index (χ4v) is 3.20. The number of aliphatic imine (C=N–C) groups is 1. The van der Waals surface area contributed by atoms with Crippen LogP contribution in [0.4, 0.5) is 0 Å². The van der Waals surface area contributed by atoms with Crippen LogP contribution in [0.1, 0.15) is 44.2 Å². The number of rotatable bonds is 10. The number of hydrogen-bond donors (Lipinski definition) is 3. The van der Waals surface area contributed by atoms with E-state index in [1.807, 2.05) is 0 Å². The summed E-state index contributed by atoms with van der Waals surface area (Å²) in [7, 11) is 1.79. The molecule has 0 aromatic heterocycles. The van der Waals surface area contributed by atoms with Crippen molar-refractivity contribution in [2.45, 2.75) is 52.3 Å². The zero-order chi connectivity index (χ0) is 20.2. The van der Waals surface area contributed by atoms with Crippen LogP contribution in [0.2, 0.25) is 0 Å². The zero-order valence-electron chi connectivity index (χ0n) is 18.2. The lowest BCUT2D eigenvalue weighted by atomic mass is 10.1. The number of aliphatic hydroxyl groups excluding tert-OH is 1. The Bertz CT molecular complexity index is 573. The minimum Gasteiger partial charge on any atom is -0.393 e. The highest BCUT2D eigenvalue weighted by Crippen LogP contribution is 2.14. The second-order valence-electron chi connectivity index (χ2n) is 8.00. The van der Waals surface area contributed by atoms with Crippen LogP contribution >= 0.6 is 24.0 Å². The molecule has 0 bridgehead atoms. The summed E-state index contributed by atoms with van der Waals surface area (Å²) >= 11 is 0. The molecule has 0 unspecified atom stereocenters. The Balaban J connectivity index is 0.00000420. The largest absolute Gasteiger partial charge is 0.393 e. The van der Waals surface area contributed by atoms with Gasteiger partial charge in [-0.05, 0) is 36.3 Å². The molecule has 0 aliphatic carbocycles. The number of nitrogens with one attached hydrogen (secondary N) is 2. The maximum absolute atomic E-state index is 9.61. The molecule has 166 valence electrons. The molecule has 1 fully saturated rings. The third kappa shape index (κ3) is 11.2. The highest BCUT2D eigenvalue weighted by molar-refractivity contribution is 14.0. The molecule has 6 nitrogen and oxygen atoms in total. The number of hydrogen-bond acceptors (Lipinski definition) is 4. The number of halogens is 1.